The number of fused-ring (bicyclic) bond motifs is 1. The summed E-state index contributed by atoms with van der Waals surface area (Å²) >= 11 is 0. The van der Waals surface area contributed by atoms with E-state index in [9.17, 15) is 22.8 Å². The minimum absolute atomic E-state index is 0.0630. The van der Waals surface area contributed by atoms with Crippen LogP contribution in [0.2, 0.25) is 0 Å². The van der Waals surface area contributed by atoms with Crippen molar-refractivity contribution < 1.29 is 27.9 Å². The third kappa shape index (κ3) is 5.62. The number of rotatable bonds is 8. The molecule has 6 nitrogen and oxygen atoms in total. The van der Waals surface area contributed by atoms with Gasteiger partial charge in [0.15, 0.2) is 0 Å². The number of nitrogens with zero attached hydrogens (tertiary/aromatic N) is 3. The largest absolute Gasteiger partial charge is 0.480 e. The topological polar surface area (TPSA) is 75.4 Å². The van der Waals surface area contributed by atoms with Crippen molar-refractivity contribution in [1.29, 1.82) is 0 Å². The Balaban J connectivity index is 1.71. The van der Waals surface area contributed by atoms with Gasteiger partial charge in [-0.15, -0.1) is 0 Å². The first-order valence-corrected chi connectivity index (χ1v) is 9.72. The second-order valence-electron chi connectivity index (χ2n) is 7.31. The number of benzene rings is 2. The van der Waals surface area contributed by atoms with E-state index in [1.54, 1.807) is 18.2 Å². The molecule has 9 heteroatoms. The number of carbonyl (C=O) groups is 2. The molecule has 0 fully saturated rings. The van der Waals surface area contributed by atoms with Gasteiger partial charge in [-0.2, -0.15) is 13.2 Å². The van der Waals surface area contributed by atoms with Gasteiger partial charge in [0.25, 0.3) is 0 Å². The summed E-state index contributed by atoms with van der Waals surface area (Å²) in [5.74, 6) is -2.59. The lowest BCUT2D eigenvalue weighted by atomic mass is 10.1. The number of carbonyl (C=O) groups excluding carboxylic acids is 1. The van der Waals surface area contributed by atoms with Gasteiger partial charge in [0.1, 0.15) is 6.54 Å². The number of aliphatic carboxylic acids is 1. The van der Waals surface area contributed by atoms with Crippen LogP contribution in [0.4, 0.5) is 13.2 Å². The average molecular weight is 433 g/mol. The van der Waals surface area contributed by atoms with E-state index in [2.05, 4.69) is 4.98 Å². The minimum atomic E-state index is -4.62. The molecule has 0 radical (unpaired) electrons. The van der Waals surface area contributed by atoms with E-state index >= 15 is 0 Å². The third-order valence-electron chi connectivity index (χ3n) is 4.85. The number of carboxylic acid groups (broad SMARTS) is 1. The molecular weight excluding hydrogens is 411 g/mol. The molecule has 3 rings (SSSR count). The van der Waals surface area contributed by atoms with Crippen LogP contribution in [0.3, 0.4) is 0 Å². The zero-order valence-electron chi connectivity index (χ0n) is 16.9. The van der Waals surface area contributed by atoms with Gasteiger partial charge in [0.05, 0.1) is 11.0 Å². The second kappa shape index (κ2) is 9.20. The summed E-state index contributed by atoms with van der Waals surface area (Å²) in [6.45, 7) is 1.49. The van der Waals surface area contributed by atoms with Gasteiger partial charge in [-0.25, -0.2) is 4.98 Å². The summed E-state index contributed by atoms with van der Waals surface area (Å²) in [6.07, 6.45) is -4.58. The van der Waals surface area contributed by atoms with E-state index in [0.717, 1.165) is 15.7 Å². The molecule has 31 heavy (non-hydrogen) atoms. The van der Waals surface area contributed by atoms with Crippen molar-refractivity contribution in [3.63, 3.8) is 0 Å². The van der Waals surface area contributed by atoms with Gasteiger partial charge < -0.3 is 14.6 Å². The highest BCUT2D eigenvalue weighted by Gasteiger charge is 2.37. The Morgan fingerprint density at radius 1 is 1.10 bits per heavy atom. The summed E-state index contributed by atoms with van der Waals surface area (Å²) in [4.78, 5) is 28.7. The van der Waals surface area contributed by atoms with Crippen LogP contribution in [0.5, 0.6) is 0 Å². The smallest absolute Gasteiger partial charge is 0.449 e. The lowest BCUT2D eigenvalue weighted by Gasteiger charge is -2.21. The molecule has 1 heterocycles. The summed E-state index contributed by atoms with van der Waals surface area (Å²) in [5, 5.41) is 9.14. The number of amides is 1. The Labute approximate surface area is 176 Å². The molecule has 164 valence electrons. The van der Waals surface area contributed by atoms with Gasteiger partial charge in [-0.05, 0) is 31.0 Å². The van der Waals surface area contributed by atoms with Gasteiger partial charge >= 0.3 is 12.1 Å². The van der Waals surface area contributed by atoms with Crippen LogP contribution in [-0.2, 0) is 28.9 Å². The fraction of sp³-hybridized carbons (Fsp3) is 0.318. The summed E-state index contributed by atoms with van der Waals surface area (Å²) in [5.41, 5.74) is 2.38. The standard InChI is InChI=1S/C22H22F3N3O3/c1-15-8-10-16(11-9-15)13-27(14-20(30)31)19(29)7-4-12-28-18-6-3-2-5-17(18)26-21(28)22(23,24)25/h2-3,5-6,8-11H,4,7,12-14H2,1H3,(H,30,31). The molecule has 0 atom stereocenters. The maximum Gasteiger partial charge on any atom is 0.449 e. The lowest BCUT2D eigenvalue weighted by Crippen LogP contribution is -2.35. The normalized spacial score (nSPS) is 11.6. The Kier molecular flexibility index (Phi) is 6.62. The highest BCUT2D eigenvalue weighted by atomic mass is 19.4. The van der Waals surface area contributed by atoms with Crippen molar-refractivity contribution in [1.82, 2.24) is 14.5 Å². The fourth-order valence-corrected chi connectivity index (χ4v) is 3.37. The van der Waals surface area contributed by atoms with E-state index in [1.165, 1.54) is 11.0 Å². The molecule has 0 aliphatic carbocycles. The summed E-state index contributed by atoms with van der Waals surface area (Å²) < 4.78 is 41.2. The van der Waals surface area contributed by atoms with Crippen molar-refractivity contribution in [2.24, 2.45) is 0 Å². The molecule has 0 aliphatic heterocycles. The van der Waals surface area contributed by atoms with E-state index in [4.69, 9.17) is 5.11 Å². The molecule has 0 saturated heterocycles. The van der Waals surface area contributed by atoms with Crippen molar-refractivity contribution in [3.05, 3.63) is 65.5 Å². The van der Waals surface area contributed by atoms with Gasteiger partial charge in [0, 0.05) is 19.5 Å². The third-order valence-corrected chi connectivity index (χ3v) is 4.85. The van der Waals surface area contributed by atoms with Crippen molar-refractivity contribution in [3.8, 4) is 0 Å². The van der Waals surface area contributed by atoms with Gasteiger partial charge in [-0.1, -0.05) is 42.0 Å². The molecule has 0 aliphatic rings. The van der Waals surface area contributed by atoms with Gasteiger partial charge in [-0.3, -0.25) is 9.59 Å². The number of halogens is 3. The van der Waals surface area contributed by atoms with Crippen LogP contribution in [0.1, 0.15) is 29.8 Å². The quantitative estimate of drug-likeness (QED) is 0.576. The van der Waals surface area contributed by atoms with Crippen LogP contribution in [0.15, 0.2) is 48.5 Å². The fourth-order valence-electron chi connectivity index (χ4n) is 3.37. The van der Waals surface area contributed by atoms with E-state index in [1.807, 2.05) is 31.2 Å². The first kappa shape index (κ1) is 22.3. The number of aromatic nitrogens is 2. The molecule has 2 aromatic carbocycles. The molecule has 1 aromatic heterocycles. The predicted octanol–water partition coefficient (Wildman–Crippen LogP) is 4.26. The molecule has 0 bridgehead atoms. The van der Waals surface area contributed by atoms with Crippen LogP contribution in [0, 0.1) is 6.92 Å². The van der Waals surface area contributed by atoms with Crippen LogP contribution in [-0.4, -0.2) is 38.0 Å². The molecule has 1 N–H and O–H groups in total. The van der Waals surface area contributed by atoms with Crippen LogP contribution >= 0.6 is 0 Å². The first-order valence-electron chi connectivity index (χ1n) is 9.72. The number of hydrogen-bond acceptors (Lipinski definition) is 3. The molecule has 0 spiro atoms. The number of aryl methyl sites for hydroxylation is 2. The van der Waals surface area contributed by atoms with E-state index in [0.29, 0.717) is 5.52 Å². The Bertz CT molecular complexity index is 1080. The highest BCUT2D eigenvalue weighted by Crippen LogP contribution is 2.31. The number of para-hydroxylation sites is 2. The number of alkyl halides is 3. The molecule has 0 saturated carbocycles. The highest BCUT2D eigenvalue weighted by molar-refractivity contribution is 5.81. The Morgan fingerprint density at radius 3 is 2.42 bits per heavy atom. The monoisotopic (exact) mass is 433 g/mol. The Morgan fingerprint density at radius 2 is 1.77 bits per heavy atom. The number of carboxylic acids is 1. The SMILES string of the molecule is Cc1ccc(CN(CC(=O)O)C(=O)CCCn2c(C(F)(F)F)nc3ccccc32)cc1. The molecule has 0 unspecified atom stereocenters. The Hall–Kier alpha value is -3.36. The predicted molar refractivity (Wildman–Crippen MR) is 108 cm³/mol. The summed E-state index contributed by atoms with van der Waals surface area (Å²) in [7, 11) is 0. The lowest BCUT2D eigenvalue weighted by molar-refractivity contribution is -0.147. The zero-order valence-corrected chi connectivity index (χ0v) is 16.9. The maximum absolute atomic E-state index is 13.4. The first-order chi connectivity index (χ1) is 14.6. The van der Waals surface area contributed by atoms with Crippen molar-refractivity contribution in [2.75, 3.05) is 6.54 Å². The molecule has 3 aromatic rings. The zero-order chi connectivity index (χ0) is 22.6. The van der Waals surface area contributed by atoms with E-state index in [-0.39, 0.29) is 31.4 Å². The second-order valence-corrected chi connectivity index (χ2v) is 7.31. The summed E-state index contributed by atoms with van der Waals surface area (Å²) in [6, 6.07) is 13.6. The van der Waals surface area contributed by atoms with Gasteiger partial charge in [0.2, 0.25) is 11.7 Å². The van der Waals surface area contributed by atoms with Crippen molar-refractivity contribution >= 4 is 22.9 Å². The average Bonchev–Trinajstić information content (AvgIpc) is 3.08. The minimum Gasteiger partial charge on any atom is -0.480 e. The maximum atomic E-state index is 13.4. The number of hydrogen-bond donors (Lipinski definition) is 1. The number of imidazole rings is 1. The van der Waals surface area contributed by atoms with E-state index < -0.39 is 30.4 Å². The molecule has 1 amide bonds. The molecular formula is C22H22F3N3O3. The van der Waals surface area contributed by atoms with Crippen LogP contribution in [0.25, 0.3) is 11.0 Å². The van der Waals surface area contributed by atoms with Crippen LogP contribution < -0.4 is 0 Å². The van der Waals surface area contributed by atoms with Crippen molar-refractivity contribution in [2.45, 2.75) is 39.0 Å².